The summed E-state index contributed by atoms with van der Waals surface area (Å²) in [6.07, 6.45) is 3.29. The minimum absolute atomic E-state index is 0.329. The summed E-state index contributed by atoms with van der Waals surface area (Å²) in [6.45, 7) is 8.96. The van der Waals surface area contributed by atoms with E-state index in [2.05, 4.69) is 17.9 Å². The zero-order valence-electron chi connectivity index (χ0n) is 6.89. The molecule has 0 unspecified atom stereocenters. The Labute approximate surface area is 66.9 Å². The highest BCUT2D eigenvalue weighted by Gasteiger charge is 2.00. The largest absolute Gasteiger partial charge is 0.465 e. The summed E-state index contributed by atoms with van der Waals surface area (Å²) in [5.41, 5.74) is 1.20. The Morgan fingerprint density at radius 3 is 2.27 bits per heavy atom. The number of carbonyl (C=O) groups is 1. The van der Waals surface area contributed by atoms with E-state index in [9.17, 15) is 4.79 Å². The first-order chi connectivity index (χ1) is 5.07. The van der Waals surface area contributed by atoms with Gasteiger partial charge in [-0.1, -0.05) is 24.8 Å². The van der Waals surface area contributed by atoms with Crippen LogP contribution in [0.1, 0.15) is 6.92 Å². The minimum Gasteiger partial charge on any atom is -0.465 e. The lowest BCUT2D eigenvalue weighted by Gasteiger charge is -1.95. The Morgan fingerprint density at radius 2 is 1.91 bits per heavy atom. The Morgan fingerprint density at radius 1 is 1.36 bits per heavy atom. The van der Waals surface area contributed by atoms with Crippen LogP contribution in [-0.2, 0) is 9.53 Å². The van der Waals surface area contributed by atoms with Crippen LogP contribution in [-0.4, -0.2) is 13.1 Å². The van der Waals surface area contributed by atoms with Gasteiger partial charge < -0.3 is 4.74 Å². The molecule has 2 heteroatoms. The predicted molar refractivity (Wildman–Crippen MR) is 45.1 cm³/mol. The van der Waals surface area contributed by atoms with Crippen molar-refractivity contribution in [3.8, 4) is 0 Å². The zero-order chi connectivity index (χ0) is 8.85. The highest BCUT2D eigenvalue weighted by Crippen LogP contribution is 1.98. The van der Waals surface area contributed by atoms with E-state index >= 15 is 0 Å². The minimum atomic E-state index is -0.414. The average Bonchev–Trinajstić information content (AvgIpc) is 1.98. The van der Waals surface area contributed by atoms with Crippen LogP contribution in [0.2, 0.25) is 0 Å². The van der Waals surface area contributed by atoms with Gasteiger partial charge in [-0.25, -0.2) is 4.79 Å². The van der Waals surface area contributed by atoms with E-state index in [4.69, 9.17) is 0 Å². The summed E-state index contributed by atoms with van der Waals surface area (Å²) >= 11 is 0. The van der Waals surface area contributed by atoms with Crippen LogP contribution in [0.5, 0.6) is 0 Å². The maximum absolute atomic E-state index is 10.7. The second-order valence-electron chi connectivity index (χ2n) is 2.20. The number of rotatable bonds is 3. The third-order valence-electron chi connectivity index (χ3n) is 1.02. The topological polar surface area (TPSA) is 26.3 Å². The van der Waals surface area contributed by atoms with Crippen LogP contribution >= 0.6 is 0 Å². The van der Waals surface area contributed by atoms with Gasteiger partial charge in [0.15, 0.2) is 0 Å². The zero-order valence-corrected chi connectivity index (χ0v) is 6.89. The summed E-state index contributed by atoms with van der Waals surface area (Å²) in [4.78, 5) is 10.7. The second kappa shape index (κ2) is 4.50. The molecule has 0 saturated heterocycles. The third kappa shape index (κ3) is 4.14. The first-order valence-electron chi connectivity index (χ1n) is 3.18. The molecule has 0 atom stereocenters. The van der Waals surface area contributed by atoms with E-state index in [1.807, 2.05) is 6.92 Å². The van der Waals surface area contributed by atoms with Gasteiger partial charge in [-0.05, 0) is 13.0 Å². The van der Waals surface area contributed by atoms with Gasteiger partial charge in [0, 0.05) is 0 Å². The molecular weight excluding hydrogens is 140 g/mol. The molecule has 0 aromatic rings. The molecule has 0 radical (unpaired) electrons. The van der Waals surface area contributed by atoms with Gasteiger partial charge in [0.2, 0.25) is 0 Å². The number of esters is 1. The van der Waals surface area contributed by atoms with Crippen LogP contribution < -0.4 is 0 Å². The SMILES string of the molecule is C=C(C)/C=C\C(=C)C(=O)OC. The molecule has 2 nitrogen and oxygen atoms in total. The van der Waals surface area contributed by atoms with Gasteiger partial charge in [-0.15, -0.1) is 0 Å². The van der Waals surface area contributed by atoms with Gasteiger partial charge in [0.1, 0.15) is 0 Å². The Balaban J connectivity index is 4.08. The molecule has 0 rings (SSSR count). The fraction of sp³-hybridized carbons (Fsp3) is 0.222. The fourth-order valence-electron chi connectivity index (χ4n) is 0.442. The smallest absolute Gasteiger partial charge is 0.337 e. The van der Waals surface area contributed by atoms with Gasteiger partial charge in [0.25, 0.3) is 0 Å². The standard InChI is InChI=1S/C9H12O2/c1-7(2)5-6-8(3)9(10)11-4/h5-6H,1,3H2,2,4H3/b6-5-. The molecule has 0 bridgehead atoms. The van der Waals surface area contributed by atoms with Crippen molar-refractivity contribution >= 4 is 5.97 Å². The number of hydrogen-bond acceptors (Lipinski definition) is 2. The molecule has 0 aromatic carbocycles. The lowest BCUT2D eigenvalue weighted by molar-refractivity contribution is -0.135. The second-order valence-corrected chi connectivity index (χ2v) is 2.20. The van der Waals surface area contributed by atoms with Gasteiger partial charge in [0.05, 0.1) is 12.7 Å². The number of methoxy groups -OCH3 is 1. The number of carbonyl (C=O) groups excluding carboxylic acids is 1. The van der Waals surface area contributed by atoms with Crippen molar-refractivity contribution < 1.29 is 9.53 Å². The van der Waals surface area contributed by atoms with Crippen LogP contribution in [0.4, 0.5) is 0 Å². The van der Waals surface area contributed by atoms with Crippen molar-refractivity contribution in [1.29, 1.82) is 0 Å². The van der Waals surface area contributed by atoms with Gasteiger partial charge in [-0.3, -0.25) is 0 Å². The van der Waals surface area contributed by atoms with E-state index < -0.39 is 5.97 Å². The lowest BCUT2D eigenvalue weighted by Crippen LogP contribution is -2.00. The van der Waals surface area contributed by atoms with Gasteiger partial charge >= 0.3 is 5.97 Å². The molecule has 60 valence electrons. The van der Waals surface area contributed by atoms with E-state index in [0.29, 0.717) is 5.57 Å². The number of ether oxygens (including phenoxy) is 1. The van der Waals surface area contributed by atoms with Crippen LogP contribution in [0.15, 0.2) is 36.5 Å². The number of hydrogen-bond donors (Lipinski definition) is 0. The normalized spacial score (nSPS) is 9.64. The summed E-state index contributed by atoms with van der Waals surface area (Å²) in [5.74, 6) is -0.414. The Bertz CT molecular complexity index is 212. The van der Waals surface area contributed by atoms with Crippen molar-refractivity contribution in [2.75, 3.05) is 7.11 Å². The van der Waals surface area contributed by atoms with E-state index in [1.54, 1.807) is 12.2 Å². The fourth-order valence-corrected chi connectivity index (χ4v) is 0.442. The van der Waals surface area contributed by atoms with Crippen LogP contribution in [0.3, 0.4) is 0 Å². The third-order valence-corrected chi connectivity index (χ3v) is 1.02. The molecule has 0 fully saturated rings. The quantitative estimate of drug-likeness (QED) is 0.350. The Kier molecular flexibility index (Phi) is 3.96. The van der Waals surface area contributed by atoms with Crippen LogP contribution in [0, 0.1) is 0 Å². The van der Waals surface area contributed by atoms with Crippen molar-refractivity contribution in [1.82, 2.24) is 0 Å². The molecule has 11 heavy (non-hydrogen) atoms. The molecular formula is C9H12O2. The van der Waals surface area contributed by atoms with Crippen molar-refractivity contribution in [2.24, 2.45) is 0 Å². The molecule has 0 aliphatic carbocycles. The maximum atomic E-state index is 10.7. The maximum Gasteiger partial charge on any atom is 0.337 e. The van der Waals surface area contributed by atoms with E-state index in [-0.39, 0.29) is 0 Å². The summed E-state index contributed by atoms with van der Waals surface area (Å²) in [7, 11) is 1.32. The number of allylic oxidation sites excluding steroid dienone is 2. The van der Waals surface area contributed by atoms with E-state index in [1.165, 1.54) is 7.11 Å². The lowest BCUT2D eigenvalue weighted by atomic mass is 10.2. The highest BCUT2D eigenvalue weighted by atomic mass is 16.5. The summed E-state index contributed by atoms with van der Waals surface area (Å²) < 4.78 is 4.42. The molecule has 0 aliphatic heterocycles. The summed E-state index contributed by atoms with van der Waals surface area (Å²) in [5, 5.41) is 0. The molecule has 0 heterocycles. The highest BCUT2D eigenvalue weighted by molar-refractivity contribution is 5.90. The molecule has 0 aromatic heterocycles. The van der Waals surface area contributed by atoms with E-state index in [0.717, 1.165) is 5.57 Å². The molecule has 0 amide bonds. The van der Waals surface area contributed by atoms with Crippen molar-refractivity contribution in [3.05, 3.63) is 36.5 Å². The molecule has 0 aliphatic rings. The first kappa shape index (κ1) is 9.69. The van der Waals surface area contributed by atoms with Crippen LogP contribution in [0.25, 0.3) is 0 Å². The van der Waals surface area contributed by atoms with Crippen molar-refractivity contribution in [2.45, 2.75) is 6.92 Å². The molecule has 0 spiro atoms. The molecule has 0 N–H and O–H groups in total. The first-order valence-corrected chi connectivity index (χ1v) is 3.18. The molecule has 0 saturated carbocycles. The predicted octanol–water partition coefficient (Wildman–Crippen LogP) is 1.85. The van der Waals surface area contributed by atoms with Gasteiger partial charge in [-0.2, -0.15) is 0 Å². The summed E-state index contributed by atoms with van der Waals surface area (Å²) in [6, 6.07) is 0. The van der Waals surface area contributed by atoms with Crippen molar-refractivity contribution in [3.63, 3.8) is 0 Å². The Hall–Kier alpha value is -1.31. The monoisotopic (exact) mass is 152 g/mol. The average molecular weight is 152 g/mol.